The number of aromatic nitrogens is 1. The van der Waals surface area contributed by atoms with Crippen LogP contribution >= 0.6 is 34.8 Å². The number of hydrogen-bond acceptors (Lipinski definition) is 5. The van der Waals surface area contributed by atoms with Gasteiger partial charge in [0.25, 0.3) is 5.91 Å². The zero-order valence-corrected chi connectivity index (χ0v) is 19.5. The van der Waals surface area contributed by atoms with Crippen molar-refractivity contribution in [2.24, 2.45) is 0 Å². The first-order valence-electron chi connectivity index (χ1n) is 9.54. The van der Waals surface area contributed by atoms with E-state index in [0.29, 0.717) is 34.8 Å². The van der Waals surface area contributed by atoms with Gasteiger partial charge in [-0.25, -0.2) is 4.98 Å². The van der Waals surface area contributed by atoms with E-state index in [1.54, 1.807) is 6.07 Å². The summed E-state index contributed by atoms with van der Waals surface area (Å²) in [5.41, 5.74) is 3.46. The van der Waals surface area contributed by atoms with Crippen molar-refractivity contribution in [3.63, 3.8) is 0 Å². The Morgan fingerprint density at radius 1 is 1.13 bits per heavy atom. The van der Waals surface area contributed by atoms with E-state index in [4.69, 9.17) is 21.4 Å². The highest BCUT2D eigenvalue weighted by Crippen LogP contribution is 2.27. The summed E-state index contributed by atoms with van der Waals surface area (Å²) in [6.07, 6.45) is 0. The molecule has 0 radical (unpaired) electrons. The van der Waals surface area contributed by atoms with Gasteiger partial charge in [-0.1, -0.05) is 12.1 Å². The molecule has 0 bridgehead atoms. The van der Waals surface area contributed by atoms with Crippen molar-refractivity contribution in [1.29, 1.82) is 0 Å². The van der Waals surface area contributed by atoms with Gasteiger partial charge in [-0.15, -0.1) is 0 Å². The predicted octanol–water partition coefficient (Wildman–Crippen LogP) is 5.62. The second-order valence-corrected chi connectivity index (χ2v) is 8.12. The Kier molecular flexibility index (Phi) is 6.47. The molecule has 2 N–H and O–H groups in total. The Labute approximate surface area is 198 Å². The molecule has 0 atom stereocenters. The molecular weight excluding hydrogens is 525 g/mol. The number of oxazole rings is 1. The minimum Gasteiger partial charge on any atom is -0.494 e. The van der Waals surface area contributed by atoms with Crippen molar-refractivity contribution < 1.29 is 13.9 Å². The molecule has 1 aromatic heterocycles. The largest absolute Gasteiger partial charge is 0.494 e. The van der Waals surface area contributed by atoms with Gasteiger partial charge in [0.2, 0.25) is 5.89 Å². The highest BCUT2D eigenvalue weighted by atomic mass is 127. The molecule has 8 heteroatoms. The summed E-state index contributed by atoms with van der Waals surface area (Å²) < 4.78 is 12.2. The topological polar surface area (TPSA) is 76.4 Å². The normalized spacial score (nSPS) is 10.6. The van der Waals surface area contributed by atoms with Crippen LogP contribution in [0.2, 0.25) is 0 Å². The van der Waals surface area contributed by atoms with Crippen LogP contribution in [0.5, 0.6) is 5.75 Å². The van der Waals surface area contributed by atoms with Gasteiger partial charge < -0.3 is 14.5 Å². The Morgan fingerprint density at radius 3 is 2.65 bits per heavy atom. The van der Waals surface area contributed by atoms with Gasteiger partial charge in [-0.2, -0.15) is 0 Å². The minimum absolute atomic E-state index is 0.208. The van der Waals surface area contributed by atoms with Crippen molar-refractivity contribution in [2.75, 3.05) is 11.9 Å². The lowest BCUT2D eigenvalue weighted by atomic mass is 10.2. The summed E-state index contributed by atoms with van der Waals surface area (Å²) in [7, 11) is 0. The Hall–Kier alpha value is -2.98. The molecular formula is C23H18IN3O3S. The van der Waals surface area contributed by atoms with Gasteiger partial charge in [0, 0.05) is 14.8 Å². The highest BCUT2D eigenvalue weighted by molar-refractivity contribution is 14.1. The third kappa shape index (κ3) is 5.02. The average molecular weight is 543 g/mol. The number of ether oxygens (including phenoxy) is 1. The van der Waals surface area contributed by atoms with E-state index in [0.717, 1.165) is 14.9 Å². The second-order valence-electron chi connectivity index (χ2n) is 6.55. The first-order valence-corrected chi connectivity index (χ1v) is 11.0. The van der Waals surface area contributed by atoms with Crippen molar-refractivity contribution >= 4 is 62.6 Å². The first kappa shape index (κ1) is 21.3. The standard InChI is InChI=1S/C23H18IN3O3S/c1-2-29-16-10-7-14(8-11-16)22-26-19-13-15(9-12-20(19)30-22)25-23(31)27-21(28)17-5-3-4-6-18(17)24/h3-13H,2H2,1H3,(H2,25,27,28,31). The van der Waals surface area contributed by atoms with Crippen LogP contribution in [0.3, 0.4) is 0 Å². The van der Waals surface area contributed by atoms with E-state index in [-0.39, 0.29) is 11.0 Å². The lowest BCUT2D eigenvalue weighted by molar-refractivity contribution is 0.0977. The molecule has 31 heavy (non-hydrogen) atoms. The minimum atomic E-state index is -0.261. The maximum atomic E-state index is 12.4. The van der Waals surface area contributed by atoms with E-state index in [2.05, 4.69) is 38.2 Å². The van der Waals surface area contributed by atoms with Crippen molar-refractivity contribution in [3.8, 4) is 17.2 Å². The summed E-state index contributed by atoms with van der Waals surface area (Å²) in [5.74, 6) is 1.06. The number of anilines is 1. The van der Waals surface area contributed by atoms with Crippen LogP contribution in [0.25, 0.3) is 22.6 Å². The number of rotatable bonds is 5. The zero-order chi connectivity index (χ0) is 21.8. The fourth-order valence-electron chi connectivity index (χ4n) is 2.97. The number of fused-ring (bicyclic) bond motifs is 1. The van der Waals surface area contributed by atoms with Gasteiger partial charge in [0.15, 0.2) is 10.7 Å². The van der Waals surface area contributed by atoms with Crippen molar-refractivity contribution in [1.82, 2.24) is 10.3 Å². The van der Waals surface area contributed by atoms with Crippen LogP contribution in [0.4, 0.5) is 5.69 Å². The zero-order valence-electron chi connectivity index (χ0n) is 16.5. The molecule has 0 saturated carbocycles. The lowest BCUT2D eigenvalue weighted by Gasteiger charge is -2.10. The lowest BCUT2D eigenvalue weighted by Crippen LogP contribution is -2.34. The summed E-state index contributed by atoms with van der Waals surface area (Å²) >= 11 is 7.41. The molecule has 0 fully saturated rings. The molecule has 4 rings (SSSR count). The van der Waals surface area contributed by atoms with Crippen LogP contribution in [0.1, 0.15) is 17.3 Å². The summed E-state index contributed by atoms with van der Waals surface area (Å²) in [5, 5.41) is 5.93. The van der Waals surface area contributed by atoms with Crippen molar-refractivity contribution in [3.05, 3.63) is 75.9 Å². The van der Waals surface area contributed by atoms with Gasteiger partial charge in [0.1, 0.15) is 11.3 Å². The number of hydrogen-bond donors (Lipinski definition) is 2. The predicted molar refractivity (Wildman–Crippen MR) is 133 cm³/mol. The smallest absolute Gasteiger partial charge is 0.258 e. The van der Waals surface area contributed by atoms with Crippen LogP contribution in [-0.2, 0) is 0 Å². The molecule has 0 aliphatic heterocycles. The molecule has 3 aromatic carbocycles. The molecule has 1 heterocycles. The van der Waals surface area contributed by atoms with Crippen LogP contribution in [-0.4, -0.2) is 22.6 Å². The highest BCUT2D eigenvalue weighted by Gasteiger charge is 2.12. The van der Waals surface area contributed by atoms with Gasteiger partial charge in [-0.3, -0.25) is 10.1 Å². The molecule has 0 aliphatic carbocycles. The fourth-order valence-corrected chi connectivity index (χ4v) is 3.81. The van der Waals surface area contributed by atoms with Crippen LogP contribution in [0, 0.1) is 3.57 Å². The van der Waals surface area contributed by atoms with E-state index in [1.807, 2.05) is 67.6 Å². The summed E-state index contributed by atoms with van der Waals surface area (Å²) in [4.78, 5) is 17.0. The van der Waals surface area contributed by atoms with Crippen LogP contribution < -0.4 is 15.4 Å². The molecule has 0 spiro atoms. The molecule has 4 aromatic rings. The van der Waals surface area contributed by atoms with Gasteiger partial charge >= 0.3 is 0 Å². The second kappa shape index (κ2) is 9.44. The molecule has 6 nitrogen and oxygen atoms in total. The average Bonchev–Trinajstić information content (AvgIpc) is 3.18. The Morgan fingerprint density at radius 2 is 1.90 bits per heavy atom. The van der Waals surface area contributed by atoms with Gasteiger partial charge in [-0.05, 0) is 96.3 Å². The van der Waals surface area contributed by atoms with E-state index >= 15 is 0 Å². The monoisotopic (exact) mass is 543 g/mol. The number of halogens is 1. The maximum Gasteiger partial charge on any atom is 0.258 e. The number of nitrogens with one attached hydrogen (secondary N) is 2. The number of benzene rings is 3. The molecule has 0 aliphatic rings. The third-order valence-electron chi connectivity index (χ3n) is 4.40. The Balaban J connectivity index is 1.47. The van der Waals surface area contributed by atoms with E-state index < -0.39 is 0 Å². The first-order chi connectivity index (χ1) is 15.0. The van der Waals surface area contributed by atoms with Crippen LogP contribution in [0.15, 0.2) is 71.1 Å². The van der Waals surface area contributed by atoms with Crippen molar-refractivity contribution in [2.45, 2.75) is 6.92 Å². The quantitative estimate of drug-likeness (QED) is 0.251. The number of carbonyl (C=O) groups is 1. The summed E-state index contributed by atoms with van der Waals surface area (Å²) in [6.45, 7) is 2.56. The number of carbonyl (C=O) groups excluding carboxylic acids is 1. The number of nitrogens with zero attached hydrogens (tertiary/aromatic N) is 1. The molecule has 0 unspecified atom stereocenters. The number of amides is 1. The fraction of sp³-hybridized carbons (Fsp3) is 0.0870. The molecule has 0 saturated heterocycles. The SMILES string of the molecule is CCOc1ccc(-c2nc3cc(NC(=S)NC(=O)c4ccccc4I)ccc3o2)cc1. The summed E-state index contributed by atoms with van der Waals surface area (Å²) in [6, 6.07) is 20.4. The Bertz CT molecular complexity index is 1250. The molecule has 156 valence electrons. The van der Waals surface area contributed by atoms with E-state index in [1.165, 1.54) is 0 Å². The number of thiocarbonyl (C=S) groups is 1. The van der Waals surface area contributed by atoms with Gasteiger partial charge in [0.05, 0.1) is 12.2 Å². The molecule has 1 amide bonds. The van der Waals surface area contributed by atoms with E-state index in [9.17, 15) is 4.79 Å². The maximum absolute atomic E-state index is 12.4. The third-order valence-corrected chi connectivity index (χ3v) is 5.55.